The lowest BCUT2D eigenvalue weighted by Gasteiger charge is -2.09. The number of nitrogens with one attached hydrogen (secondary N) is 1. The zero-order chi connectivity index (χ0) is 11.5. The molecule has 2 rings (SSSR count). The summed E-state index contributed by atoms with van der Waals surface area (Å²) < 4.78 is 1.64. The molecule has 84 valence electrons. The number of aromatic nitrogens is 2. The Hall–Kier alpha value is -1.88. The van der Waals surface area contributed by atoms with Crippen molar-refractivity contribution in [1.82, 2.24) is 14.9 Å². The molecule has 0 radical (unpaired) electrons. The number of fused-ring (bicyclic) bond motifs is 1. The fourth-order valence-electron chi connectivity index (χ4n) is 1.46. The van der Waals surface area contributed by atoms with Crippen LogP contribution in [0.2, 0.25) is 0 Å². The van der Waals surface area contributed by atoms with E-state index in [-0.39, 0.29) is 18.6 Å². The van der Waals surface area contributed by atoms with Gasteiger partial charge in [-0.3, -0.25) is 4.79 Å². The monoisotopic (exact) mass is 219 g/mol. The minimum atomic E-state index is -0.258. The van der Waals surface area contributed by atoms with Gasteiger partial charge in [-0.25, -0.2) is 4.52 Å². The molecule has 2 heterocycles. The van der Waals surface area contributed by atoms with Gasteiger partial charge < -0.3 is 10.4 Å². The first-order chi connectivity index (χ1) is 7.72. The average Bonchev–Trinajstić information content (AvgIpc) is 2.72. The quantitative estimate of drug-likeness (QED) is 0.787. The zero-order valence-corrected chi connectivity index (χ0v) is 8.92. The Morgan fingerprint density at radius 3 is 3.19 bits per heavy atom. The maximum atomic E-state index is 11.8. The van der Waals surface area contributed by atoms with E-state index in [4.69, 9.17) is 5.11 Å². The van der Waals surface area contributed by atoms with Crippen LogP contribution >= 0.6 is 0 Å². The maximum Gasteiger partial charge on any atom is 0.255 e. The first-order valence-electron chi connectivity index (χ1n) is 5.06. The number of carbonyl (C=O) groups excluding carboxylic acids is 1. The summed E-state index contributed by atoms with van der Waals surface area (Å²) in [5, 5.41) is 15.6. The highest BCUT2D eigenvalue weighted by atomic mass is 16.3. The normalized spacial score (nSPS) is 12.6. The van der Waals surface area contributed by atoms with Gasteiger partial charge in [-0.15, -0.1) is 0 Å². The Labute approximate surface area is 92.7 Å². The van der Waals surface area contributed by atoms with Crippen molar-refractivity contribution in [1.29, 1.82) is 0 Å². The molecule has 2 N–H and O–H groups in total. The van der Waals surface area contributed by atoms with Crippen LogP contribution < -0.4 is 5.32 Å². The molecular weight excluding hydrogens is 206 g/mol. The molecule has 5 heteroatoms. The van der Waals surface area contributed by atoms with Crippen LogP contribution in [0.3, 0.4) is 0 Å². The second-order valence-electron chi connectivity index (χ2n) is 3.65. The molecule has 16 heavy (non-hydrogen) atoms. The standard InChI is InChI=1S/C11H13N3O2/c1-8(7-15)13-11(16)9-6-12-14-5-3-2-4-10(9)14/h2-6,8,15H,7H2,1H3,(H,13,16)/t8-/m0/s1. The van der Waals surface area contributed by atoms with Crippen molar-refractivity contribution in [3.8, 4) is 0 Å². The summed E-state index contributed by atoms with van der Waals surface area (Å²) in [4.78, 5) is 11.8. The van der Waals surface area contributed by atoms with Gasteiger partial charge in [-0.2, -0.15) is 5.10 Å². The molecule has 1 amide bonds. The lowest BCUT2D eigenvalue weighted by Crippen LogP contribution is -2.34. The molecule has 0 bridgehead atoms. The van der Waals surface area contributed by atoms with Crippen molar-refractivity contribution in [3.05, 3.63) is 36.2 Å². The van der Waals surface area contributed by atoms with Gasteiger partial charge in [0.1, 0.15) is 0 Å². The molecule has 0 fully saturated rings. The van der Waals surface area contributed by atoms with Crippen molar-refractivity contribution in [3.63, 3.8) is 0 Å². The van der Waals surface area contributed by atoms with Gasteiger partial charge >= 0.3 is 0 Å². The highest BCUT2D eigenvalue weighted by molar-refractivity contribution is 6.00. The average molecular weight is 219 g/mol. The number of aliphatic hydroxyl groups excluding tert-OH is 1. The van der Waals surface area contributed by atoms with Gasteiger partial charge in [-0.1, -0.05) is 6.07 Å². The van der Waals surface area contributed by atoms with Crippen molar-refractivity contribution in [2.45, 2.75) is 13.0 Å². The minimum absolute atomic E-state index is 0.0784. The van der Waals surface area contributed by atoms with Crippen LogP contribution in [0.4, 0.5) is 0 Å². The smallest absolute Gasteiger partial charge is 0.255 e. The Kier molecular flexibility index (Phi) is 2.87. The second-order valence-corrected chi connectivity index (χ2v) is 3.65. The van der Waals surface area contributed by atoms with Crippen molar-refractivity contribution < 1.29 is 9.90 Å². The van der Waals surface area contributed by atoms with E-state index < -0.39 is 0 Å². The van der Waals surface area contributed by atoms with E-state index in [0.29, 0.717) is 5.56 Å². The van der Waals surface area contributed by atoms with Crippen LogP contribution in [0.5, 0.6) is 0 Å². The van der Waals surface area contributed by atoms with Crippen LogP contribution in [0.25, 0.3) is 5.52 Å². The first kappa shape index (κ1) is 10.6. The van der Waals surface area contributed by atoms with Gasteiger partial charge in [0.05, 0.1) is 23.9 Å². The van der Waals surface area contributed by atoms with Crippen LogP contribution in [-0.2, 0) is 0 Å². The van der Waals surface area contributed by atoms with Gasteiger partial charge in [-0.05, 0) is 19.1 Å². The van der Waals surface area contributed by atoms with Gasteiger partial charge in [0.15, 0.2) is 0 Å². The highest BCUT2D eigenvalue weighted by Gasteiger charge is 2.13. The first-order valence-corrected chi connectivity index (χ1v) is 5.06. The van der Waals surface area contributed by atoms with Crippen LogP contribution in [0.1, 0.15) is 17.3 Å². The number of rotatable bonds is 3. The third-order valence-corrected chi connectivity index (χ3v) is 2.32. The fourth-order valence-corrected chi connectivity index (χ4v) is 1.46. The number of hydrogen-bond acceptors (Lipinski definition) is 3. The predicted octanol–water partition coefficient (Wildman–Crippen LogP) is 0.445. The minimum Gasteiger partial charge on any atom is -0.394 e. The molecule has 2 aromatic rings. The Morgan fingerprint density at radius 1 is 1.62 bits per heavy atom. The zero-order valence-electron chi connectivity index (χ0n) is 8.92. The van der Waals surface area contributed by atoms with Crippen molar-refractivity contribution in [2.75, 3.05) is 6.61 Å². The molecule has 0 aliphatic carbocycles. The number of nitrogens with zero attached hydrogens (tertiary/aromatic N) is 2. The van der Waals surface area contributed by atoms with E-state index in [2.05, 4.69) is 10.4 Å². The Balaban J connectivity index is 2.30. The largest absolute Gasteiger partial charge is 0.394 e. The van der Waals surface area contributed by atoms with Gasteiger partial charge in [0, 0.05) is 12.2 Å². The molecular formula is C11H13N3O2. The summed E-state index contributed by atoms with van der Waals surface area (Å²) in [6, 6.07) is 5.26. The molecule has 0 saturated carbocycles. The summed E-state index contributed by atoms with van der Waals surface area (Å²) in [7, 11) is 0. The Morgan fingerprint density at radius 2 is 2.44 bits per heavy atom. The third kappa shape index (κ3) is 1.90. The molecule has 1 atom stereocenters. The Bertz CT molecular complexity index is 507. The van der Waals surface area contributed by atoms with E-state index in [1.54, 1.807) is 17.6 Å². The molecule has 5 nitrogen and oxygen atoms in total. The summed E-state index contributed by atoms with van der Waals surface area (Å²) in [5.74, 6) is -0.220. The van der Waals surface area contributed by atoms with Gasteiger partial charge in [0.25, 0.3) is 5.91 Å². The number of carbonyl (C=O) groups is 1. The number of pyridine rings is 1. The van der Waals surface area contributed by atoms with E-state index in [0.717, 1.165) is 5.52 Å². The predicted molar refractivity (Wildman–Crippen MR) is 59.2 cm³/mol. The number of amides is 1. The van der Waals surface area contributed by atoms with Crippen molar-refractivity contribution in [2.24, 2.45) is 0 Å². The lowest BCUT2D eigenvalue weighted by molar-refractivity contribution is 0.0924. The molecule has 0 aliphatic heterocycles. The number of aliphatic hydroxyl groups is 1. The summed E-state index contributed by atoms with van der Waals surface area (Å²) in [5.41, 5.74) is 1.27. The molecule has 0 saturated heterocycles. The maximum absolute atomic E-state index is 11.8. The molecule has 0 aliphatic rings. The van der Waals surface area contributed by atoms with E-state index in [9.17, 15) is 4.79 Å². The highest BCUT2D eigenvalue weighted by Crippen LogP contribution is 2.09. The SMILES string of the molecule is C[C@@H](CO)NC(=O)c1cnn2ccccc12. The molecule has 0 unspecified atom stereocenters. The summed E-state index contributed by atoms with van der Waals surface area (Å²) >= 11 is 0. The van der Waals surface area contributed by atoms with E-state index in [1.165, 1.54) is 6.20 Å². The molecule has 2 aromatic heterocycles. The van der Waals surface area contributed by atoms with Crippen molar-refractivity contribution >= 4 is 11.4 Å². The molecule has 0 spiro atoms. The van der Waals surface area contributed by atoms with Gasteiger partial charge in [0.2, 0.25) is 0 Å². The lowest BCUT2D eigenvalue weighted by atomic mass is 10.2. The second kappa shape index (κ2) is 4.32. The summed E-state index contributed by atoms with van der Waals surface area (Å²) in [6.45, 7) is 1.66. The fraction of sp³-hybridized carbons (Fsp3) is 0.273. The topological polar surface area (TPSA) is 66.6 Å². The number of hydrogen-bond donors (Lipinski definition) is 2. The third-order valence-electron chi connectivity index (χ3n) is 2.32. The van der Waals surface area contributed by atoms with E-state index >= 15 is 0 Å². The van der Waals surface area contributed by atoms with Crippen LogP contribution in [0.15, 0.2) is 30.6 Å². The van der Waals surface area contributed by atoms with Crippen LogP contribution in [0, 0.1) is 0 Å². The van der Waals surface area contributed by atoms with E-state index in [1.807, 2.05) is 18.2 Å². The van der Waals surface area contributed by atoms with Crippen LogP contribution in [-0.4, -0.2) is 33.3 Å². The molecule has 0 aromatic carbocycles. The summed E-state index contributed by atoms with van der Waals surface area (Å²) in [6.07, 6.45) is 3.30.